The van der Waals surface area contributed by atoms with Gasteiger partial charge in [0.05, 0.1) is 17.8 Å². The molecule has 0 unspecified atom stereocenters. The molecule has 94 valence electrons. The van der Waals surface area contributed by atoms with Gasteiger partial charge in [0.2, 0.25) is 5.88 Å². The lowest BCUT2D eigenvalue weighted by Gasteiger charge is -2.13. The maximum atomic E-state index is 5.70. The molecule has 5 heteroatoms. The van der Waals surface area contributed by atoms with Crippen LogP contribution in [-0.4, -0.2) is 24.1 Å². The molecule has 4 nitrogen and oxygen atoms in total. The highest BCUT2D eigenvalue weighted by atomic mass is 35.5. The fraction of sp³-hybridized carbons (Fsp3) is 0.231. The zero-order valence-corrected chi connectivity index (χ0v) is 11.1. The second kappa shape index (κ2) is 5.69. The van der Waals surface area contributed by atoms with Crippen LogP contribution in [0.2, 0.25) is 0 Å². The smallest absolute Gasteiger partial charge is 0.238 e. The number of rotatable bonds is 4. The van der Waals surface area contributed by atoms with Crippen molar-refractivity contribution in [2.75, 3.05) is 19.0 Å². The molecular formula is C13H14ClN3O. The van der Waals surface area contributed by atoms with E-state index in [0.717, 1.165) is 11.4 Å². The average Bonchev–Trinajstić information content (AvgIpc) is 2.39. The van der Waals surface area contributed by atoms with E-state index in [2.05, 4.69) is 9.97 Å². The Morgan fingerprint density at radius 3 is 2.83 bits per heavy atom. The van der Waals surface area contributed by atoms with E-state index in [-0.39, 0.29) is 0 Å². The van der Waals surface area contributed by atoms with Gasteiger partial charge in [0.15, 0.2) is 0 Å². The number of hydrogen-bond donors (Lipinski definition) is 0. The maximum Gasteiger partial charge on any atom is 0.238 e. The highest BCUT2D eigenvalue weighted by Crippen LogP contribution is 2.23. The number of ether oxygens (including phenoxy) is 1. The molecule has 0 bridgehead atoms. The van der Waals surface area contributed by atoms with Crippen molar-refractivity contribution in [2.45, 2.75) is 5.88 Å². The van der Waals surface area contributed by atoms with Gasteiger partial charge in [-0.2, -0.15) is 0 Å². The number of aromatic nitrogens is 2. The predicted octanol–water partition coefficient (Wildman–Crippen LogP) is 3.07. The molecular weight excluding hydrogens is 250 g/mol. The van der Waals surface area contributed by atoms with Crippen molar-refractivity contribution in [2.24, 2.45) is 0 Å². The van der Waals surface area contributed by atoms with Gasteiger partial charge in [0.1, 0.15) is 5.75 Å². The predicted molar refractivity (Wildman–Crippen MR) is 72.4 cm³/mol. The van der Waals surface area contributed by atoms with Crippen molar-refractivity contribution in [1.29, 1.82) is 0 Å². The van der Waals surface area contributed by atoms with Gasteiger partial charge < -0.3 is 9.64 Å². The number of nitrogens with zero attached hydrogens (tertiary/aromatic N) is 3. The molecule has 0 fully saturated rings. The van der Waals surface area contributed by atoms with Crippen LogP contribution in [0.15, 0.2) is 36.7 Å². The minimum absolute atomic E-state index is 0.321. The molecule has 0 aliphatic carbocycles. The molecule has 0 aliphatic rings. The Balaban J connectivity index is 2.20. The molecule has 1 aromatic heterocycles. The standard InChI is InChI=1S/C13H14ClN3O/c1-17(2)11-4-3-5-12(6-11)18-13-9-15-8-10(7-14)16-13/h3-6,8-9H,7H2,1-2H3. The molecule has 0 spiro atoms. The van der Waals surface area contributed by atoms with E-state index in [1.54, 1.807) is 12.4 Å². The average molecular weight is 264 g/mol. The van der Waals surface area contributed by atoms with Crippen LogP contribution in [0.4, 0.5) is 5.69 Å². The first-order valence-electron chi connectivity index (χ1n) is 5.51. The summed E-state index contributed by atoms with van der Waals surface area (Å²) in [6.45, 7) is 0. The van der Waals surface area contributed by atoms with Gasteiger partial charge in [-0.05, 0) is 12.1 Å². The van der Waals surface area contributed by atoms with Crippen LogP contribution in [0.3, 0.4) is 0 Å². The lowest BCUT2D eigenvalue weighted by atomic mass is 10.3. The zero-order valence-electron chi connectivity index (χ0n) is 10.3. The van der Waals surface area contributed by atoms with Crippen LogP contribution in [0.25, 0.3) is 0 Å². The Hall–Kier alpha value is -1.81. The Morgan fingerprint density at radius 1 is 1.28 bits per heavy atom. The monoisotopic (exact) mass is 263 g/mol. The third kappa shape index (κ3) is 3.11. The first kappa shape index (κ1) is 12.6. The number of alkyl halides is 1. The van der Waals surface area contributed by atoms with Crippen molar-refractivity contribution in [3.8, 4) is 11.6 Å². The lowest BCUT2D eigenvalue weighted by molar-refractivity contribution is 0.458. The summed E-state index contributed by atoms with van der Waals surface area (Å²) in [5.41, 5.74) is 1.76. The quantitative estimate of drug-likeness (QED) is 0.795. The highest BCUT2D eigenvalue weighted by molar-refractivity contribution is 6.16. The minimum Gasteiger partial charge on any atom is -0.437 e. The third-order valence-corrected chi connectivity index (χ3v) is 2.63. The van der Waals surface area contributed by atoms with Crippen LogP contribution in [0.5, 0.6) is 11.6 Å². The first-order valence-corrected chi connectivity index (χ1v) is 6.04. The van der Waals surface area contributed by atoms with Crippen molar-refractivity contribution in [3.63, 3.8) is 0 Å². The van der Waals surface area contributed by atoms with Crippen LogP contribution < -0.4 is 9.64 Å². The second-order valence-corrected chi connectivity index (χ2v) is 4.24. The summed E-state index contributed by atoms with van der Waals surface area (Å²) in [6, 6.07) is 7.76. The van der Waals surface area contributed by atoms with Gasteiger partial charge in [0, 0.05) is 32.0 Å². The highest BCUT2D eigenvalue weighted by Gasteiger charge is 2.03. The van der Waals surface area contributed by atoms with Gasteiger partial charge in [0.25, 0.3) is 0 Å². The SMILES string of the molecule is CN(C)c1cccc(Oc2cncc(CCl)n2)c1. The molecule has 0 aliphatic heterocycles. The van der Waals surface area contributed by atoms with Gasteiger partial charge in [-0.1, -0.05) is 6.07 Å². The van der Waals surface area contributed by atoms with Crippen LogP contribution in [-0.2, 0) is 5.88 Å². The van der Waals surface area contributed by atoms with Crippen LogP contribution in [0.1, 0.15) is 5.69 Å². The summed E-state index contributed by atoms with van der Waals surface area (Å²) >= 11 is 5.70. The number of hydrogen-bond acceptors (Lipinski definition) is 4. The normalized spacial score (nSPS) is 10.2. The van der Waals surface area contributed by atoms with E-state index in [9.17, 15) is 0 Å². The van der Waals surface area contributed by atoms with Crippen molar-refractivity contribution < 1.29 is 4.74 Å². The molecule has 2 rings (SSSR count). The van der Waals surface area contributed by atoms with E-state index >= 15 is 0 Å². The summed E-state index contributed by atoms with van der Waals surface area (Å²) < 4.78 is 5.65. The summed E-state index contributed by atoms with van der Waals surface area (Å²) in [5.74, 6) is 1.49. The van der Waals surface area contributed by atoms with Crippen LogP contribution in [0, 0.1) is 0 Å². The zero-order chi connectivity index (χ0) is 13.0. The van der Waals surface area contributed by atoms with E-state index in [0.29, 0.717) is 17.5 Å². The molecule has 1 aromatic carbocycles. The largest absolute Gasteiger partial charge is 0.437 e. The molecule has 0 atom stereocenters. The number of benzene rings is 1. The number of halogens is 1. The molecule has 2 aromatic rings. The van der Waals surface area contributed by atoms with E-state index < -0.39 is 0 Å². The fourth-order valence-electron chi connectivity index (χ4n) is 1.45. The second-order valence-electron chi connectivity index (χ2n) is 3.98. The van der Waals surface area contributed by atoms with Crippen molar-refractivity contribution >= 4 is 17.3 Å². The van der Waals surface area contributed by atoms with Crippen LogP contribution >= 0.6 is 11.6 Å². The molecule has 1 heterocycles. The first-order chi connectivity index (χ1) is 8.69. The Bertz CT molecular complexity index is 531. The van der Waals surface area contributed by atoms with Gasteiger partial charge in [-0.3, -0.25) is 4.98 Å². The van der Waals surface area contributed by atoms with Crippen molar-refractivity contribution in [3.05, 3.63) is 42.4 Å². The molecule has 0 saturated heterocycles. The number of anilines is 1. The van der Waals surface area contributed by atoms with E-state index in [1.807, 2.05) is 43.3 Å². The third-order valence-electron chi connectivity index (χ3n) is 2.36. The molecule has 18 heavy (non-hydrogen) atoms. The minimum atomic E-state index is 0.321. The molecule has 0 N–H and O–H groups in total. The van der Waals surface area contributed by atoms with Crippen molar-refractivity contribution in [1.82, 2.24) is 9.97 Å². The Labute approximate surface area is 111 Å². The summed E-state index contributed by atoms with van der Waals surface area (Å²) in [5, 5.41) is 0. The van der Waals surface area contributed by atoms with E-state index in [4.69, 9.17) is 16.3 Å². The summed E-state index contributed by atoms with van der Waals surface area (Å²) in [7, 11) is 3.96. The molecule has 0 saturated carbocycles. The van der Waals surface area contributed by atoms with E-state index in [1.165, 1.54) is 0 Å². The summed E-state index contributed by atoms with van der Waals surface area (Å²) in [6.07, 6.45) is 3.19. The molecule has 0 radical (unpaired) electrons. The maximum absolute atomic E-state index is 5.70. The lowest BCUT2D eigenvalue weighted by Crippen LogP contribution is -2.08. The summed E-state index contributed by atoms with van der Waals surface area (Å²) in [4.78, 5) is 10.3. The Morgan fingerprint density at radius 2 is 2.11 bits per heavy atom. The van der Waals surface area contributed by atoms with Gasteiger partial charge in [-0.25, -0.2) is 4.98 Å². The molecule has 0 amide bonds. The topological polar surface area (TPSA) is 38.2 Å². The Kier molecular flexibility index (Phi) is 3.99. The van der Waals surface area contributed by atoms with Gasteiger partial charge in [-0.15, -0.1) is 11.6 Å². The fourth-order valence-corrected chi connectivity index (χ4v) is 1.57. The van der Waals surface area contributed by atoms with Gasteiger partial charge >= 0.3 is 0 Å².